The summed E-state index contributed by atoms with van der Waals surface area (Å²) in [4.78, 5) is 24.2. The average molecular weight is 254 g/mol. The van der Waals surface area contributed by atoms with Crippen LogP contribution in [0.15, 0.2) is 18.2 Å². The van der Waals surface area contributed by atoms with Crippen molar-refractivity contribution in [3.8, 4) is 0 Å². The van der Waals surface area contributed by atoms with Crippen LogP contribution in [0.2, 0.25) is 0 Å². The molecule has 1 aromatic carbocycles. The molecule has 1 unspecified atom stereocenters. The molecule has 1 aliphatic heterocycles. The number of benzene rings is 1. The second-order valence-corrected chi connectivity index (χ2v) is 4.18. The summed E-state index contributed by atoms with van der Waals surface area (Å²) in [6, 6.07) is 2.88. The van der Waals surface area contributed by atoms with Crippen LogP contribution in [0.1, 0.15) is 18.4 Å². The minimum atomic E-state index is -1.04. The largest absolute Gasteiger partial charge is 0.320 e. The lowest BCUT2D eigenvalue weighted by atomic mass is 10.0. The van der Waals surface area contributed by atoms with E-state index in [9.17, 15) is 18.4 Å². The van der Waals surface area contributed by atoms with Gasteiger partial charge < -0.3 is 5.73 Å². The first-order valence-corrected chi connectivity index (χ1v) is 5.53. The number of amides is 2. The highest BCUT2D eigenvalue weighted by atomic mass is 19.2. The second kappa shape index (κ2) is 4.81. The van der Waals surface area contributed by atoms with Crippen LogP contribution in [-0.2, 0) is 16.1 Å². The van der Waals surface area contributed by atoms with E-state index in [0.29, 0.717) is 6.42 Å². The van der Waals surface area contributed by atoms with Gasteiger partial charge in [0.15, 0.2) is 11.6 Å². The zero-order valence-electron chi connectivity index (χ0n) is 9.53. The molecule has 2 amide bonds. The van der Waals surface area contributed by atoms with E-state index < -0.39 is 29.5 Å². The van der Waals surface area contributed by atoms with E-state index in [1.165, 1.54) is 12.1 Å². The Bertz CT molecular complexity index is 505. The highest BCUT2D eigenvalue weighted by Crippen LogP contribution is 2.18. The molecule has 1 aliphatic rings. The van der Waals surface area contributed by atoms with E-state index in [1.807, 2.05) is 0 Å². The molecule has 1 aromatic rings. The first-order chi connectivity index (χ1) is 8.50. The van der Waals surface area contributed by atoms with Crippen LogP contribution in [0.5, 0.6) is 0 Å². The number of likely N-dealkylation sites (tertiary alicyclic amines) is 1. The average Bonchev–Trinajstić information content (AvgIpc) is 2.35. The smallest absolute Gasteiger partial charge is 0.246 e. The standard InChI is InChI=1S/C12H12F2N2O2/c13-8-3-1-2-7(11(8)14)6-16-10(17)5-4-9(15)12(16)18/h1-3,9H,4-6,15H2. The van der Waals surface area contributed by atoms with Gasteiger partial charge in [0, 0.05) is 12.0 Å². The van der Waals surface area contributed by atoms with Crippen LogP contribution in [0.25, 0.3) is 0 Å². The Balaban J connectivity index is 2.24. The van der Waals surface area contributed by atoms with Crippen molar-refractivity contribution in [2.24, 2.45) is 5.73 Å². The molecule has 0 spiro atoms. The van der Waals surface area contributed by atoms with Crippen molar-refractivity contribution < 1.29 is 18.4 Å². The summed E-state index contributed by atoms with van der Waals surface area (Å²) in [5.74, 6) is -3.01. The van der Waals surface area contributed by atoms with E-state index in [-0.39, 0.29) is 18.5 Å². The minimum Gasteiger partial charge on any atom is -0.320 e. The molecular formula is C12H12F2N2O2. The number of nitrogens with zero attached hydrogens (tertiary/aromatic N) is 1. The fraction of sp³-hybridized carbons (Fsp3) is 0.333. The van der Waals surface area contributed by atoms with Crippen molar-refractivity contribution in [2.45, 2.75) is 25.4 Å². The summed E-state index contributed by atoms with van der Waals surface area (Å²) in [5.41, 5.74) is 5.50. The van der Waals surface area contributed by atoms with Gasteiger partial charge in [-0.2, -0.15) is 0 Å². The van der Waals surface area contributed by atoms with E-state index in [2.05, 4.69) is 0 Å². The van der Waals surface area contributed by atoms with Gasteiger partial charge in [0.05, 0.1) is 12.6 Å². The van der Waals surface area contributed by atoms with Crippen molar-refractivity contribution in [1.82, 2.24) is 4.90 Å². The first kappa shape index (κ1) is 12.6. The molecule has 2 N–H and O–H groups in total. The quantitative estimate of drug-likeness (QED) is 0.799. The van der Waals surface area contributed by atoms with Crippen LogP contribution in [0, 0.1) is 11.6 Å². The molecule has 0 aliphatic carbocycles. The summed E-state index contributed by atoms with van der Waals surface area (Å²) >= 11 is 0. The summed E-state index contributed by atoms with van der Waals surface area (Å²) in [6.45, 7) is -0.283. The Labute approximate surface area is 102 Å². The highest BCUT2D eigenvalue weighted by Gasteiger charge is 2.32. The predicted molar refractivity (Wildman–Crippen MR) is 59.1 cm³/mol. The number of hydrogen-bond donors (Lipinski definition) is 1. The number of carbonyl (C=O) groups is 2. The van der Waals surface area contributed by atoms with E-state index in [1.54, 1.807) is 0 Å². The maximum Gasteiger partial charge on any atom is 0.246 e. The fourth-order valence-electron chi connectivity index (χ4n) is 1.87. The minimum absolute atomic E-state index is 0.0363. The van der Waals surface area contributed by atoms with Crippen LogP contribution in [0.3, 0.4) is 0 Å². The maximum atomic E-state index is 13.5. The summed E-state index contributed by atoms with van der Waals surface area (Å²) in [5, 5.41) is 0. The Hall–Kier alpha value is -1.82. The van der Waals surface area contributed by atoms with E-state index in [4.69, 9.17) is 5.73 Å². The van der Waals surface area contributed by atoms with Gasteiger partial charge >= 0.3 is 0 Å². The molecule has 0 saturated carbocycles. The van der Waals surface area contributed by atoms with E-state index >= 15 is 0 Å². The fourth-order valence-corrected chi connectivity index (χ4v) is 1.87. The number of carbonyl (C=O) groups excluding carboxylic acids is 2. The lowest BCUT2D eigenvalue weighted by molar-refractivity contribution is -0.149. The zero-order chi connectivity index (χ0) is 13.3. The molecule has 1 fully saturated rings. The second-order valence-electron chi connectivity index (χ2n) is 4.18. The van der Waals surface area contributed by atoms with Crippen LogP contribution < -0.4 is 5.73 Å². The van der Waals surface area contributed by atoms with Gasteiger partial charge in [-0.1, -0.05) is 12.1 Å². The van der Waals surface area contributed by atoms with Crippen LogP contribution in [-0.4, -0.2) is 22.8 Å². The molecule has 4 nitrogen and oxygen atoms in total. The lowest BCUT2D eigenvalue weighted by Crippen LogP contribution is -2.50. The van der Waals surface area contributed by atoms with Gasteiger partial charge in [0.1, 0.15) is 0 Å². The number of halogens is 2. The van der Waals surface area contributed by atoms with Crippen molar-refractivity contribution in [3.63, 3.8) is 0 Å². The number of hydrogen-bond acceptors (Lipinski definition) is 3. The Kier molecular flexibility index (Phi) is 3.38. The maximum absolute atomic E-state index is 13.5. The molecule has 18 heavy (non-hydrogen) atoms. The van der Waals surface area contributed by atoms with Crippen molar-refractivity contribution in [2.75, 3.05) is 0 Å². The summed E-state index contributed by atoms with van der Waals surface area (Å²) < 4.78 is 26.5. The summed E-state index contributed by atoms with van der Waals surface area (Å²) in [7, 11) is 0. The molecule has 0 aromatic heterocycles. The van der Waals surface area contributed by atoms with E-state index in [0.717, 1.165) is 11.0 Å². The van der Waals surface area contributed by atoms with Crippen LogP contribution in [0.4, 0.5) is 8.78 Å². The zero-order valence-corrected chi connectivity index (χ0v) is 9.53. The Morgan fingerprint density at radius 2 is 2.06 bits per heavy atom. The molecule has 2 rings (SSSR count). The van der Waals surface area contributed by atoms with Gasteiger partial charge in [-0.05, 0) is 12.5 Å². The number of rotatable bonds is 2. The van der Waals surface area contributed by atoms with Gasteiger partial charge in [0.25, 0.3) is 0 Å². The number of piperidine rings is 1. The Morgan fingerprint density at radius 3 is 2.78 bits per heavy atom. The topological polar surface area (TPSA) is 63.4 Å². The number of imide groups is 1. The van der Waals surface area contributed by atoms with Crippen molar-refractivity contribution >= 4 is 11.8 Å². The van der Waals surface area contributed by atoms with Gasteiger partial charge in [-0.3, -0.25) is 14.5 Å². The molecule has 1 heterocycles. The molecular weight excluding hydrogens is 242 g/mol. The molecule has 1 saturated heterocycles. The van der Waals surface area contributed by atoms with Crippen LogP contribution >= 0.6 is 0 Å². The third-order valence-corrected chi connectivity index (χ3v) is 2.91. The molecule has 6 heteroatoms. The molecule has 0 bridgehead atoms. The molecule has 1 atom stereocenters. The highest BCUT2D eigenvalue weighted by molar-refractivity contribution is 6.00. The molecule has 96 valence electrons. The normalized spacial score (nSPS) is 20.4. The van der Waals surface area contributed by atoms with Gasteiger partial charge in [0.2, 0.25) is 11.8 Å². The number of nitrogens with two attached hydrogens (primary N) is 1. The Morgan fingerprint density at radius 1 is 1.33 bits per heavy atom. The monoisotopic (exact) mass is 254 g/mol. The SMILES string of the molecule is NC1CCC(=O)N(Cc2cccc(F)c2F)C1=O. The van der Waals surface area contributed by atoms with Gasteiger partial charge in [-0.25, -0.2) is 8.78 Å². The lowest BCUT2D eigenvalue weighted by Gasteiger charge is -2.28. The third-order valence-electron chi connectivity index (χ3n) is 2.91. The summed E-state index contributed by atoms with van der Waals surface area (Å²) in [6.07, 6.45) is 0.434. The van der Waals surface area contributed by atoms with Crippen molar-refractivity contribution in [1.29, 1.82) is 0 Å². The third kappa shape index (κ3) is 2.24. The first-order valence-electron chi connectivity index (χ1n) is 5.53. The predicted octanol–water partition coefficient (Wildman–Crippen LogP) is 0.941. The van der Waals surface area contributed by atoms with Crippen molar-refractivity contribution in [3.05, 3.63) is 35.4 Å². The van der Waals surface area contributed by atoms with Gasteiger partial charge in [-0.15, -0.1) is 0 Å². The molecule has 0 radical (unpaired) electrons.